The Balaban J connectivity index is 1.85. The topological polar surface area (TPSA) is 42.9 Å². The van der Waals surface area contributed by atoms with Gasteiger partial charge in [0.25, 0.3) is 0 Å². The number of rotatable bonds is 6. The predicted molar refractivity (Wildman–Crippen MR) is 110 cm³/mol. The van der Waals surface area contributed by atoms with Gasteiger partial charge in [0.05, 0.1) is 23.2 Å². The summed E-state index contributed by atoms with van der Waals surface area (Å²) in [5.74, 6) is -0.862. The van der Waals surface area contributed by atoms with Crippen LogP contribution in [0.2, 0.25) is 0 Å². The zero-order valence-corrected chi connectivity index (χ0v) is 15.3. The molecular formula is C25H20N2O. The number of Topliss-reactive ketones (excluding diaryl/α,β-unsaturated/α-hetero) is 1. The van der Waals surface area contributed by atoms with Crippen LogP contribution in [0.15, 0.2) is 109 Å². The number of pyridine rings is 2. The molecule has 2 atom stereocenters. The van der Waals surface area contributed by atoms with Gasteiger partial charge in [-0.25, -0.2) is 0 Å². The van der Waals surface area contributed by atoms with Gasteiger partial charge in [-0.15, -0.1) is 0 Å². The van der Waals surface area contributed by atoms with Crippen LogP contribution in [0.25, 0.3) is 0 Å². The lowest BCUT2D eigenvalue weighted by atomic mass is 9.80. The van der Waals surface area contributed by atoms with Crippen LogP contribution >= 0.6 is 0 Å². The molecule has 2 heterocycles. The fourth-order valence-corrected chi connectivity index (χ4v) is 3.51. The fraction of sp³-hybridized carbons (Fsp3) is 0.0800. The zero-order chi connectivity index (χ0) is 19.2. The van der Waals surface area contributed by atoms with E-state index in [0.717, 1.165) is 22.5 Å². The van der Waals surface area contributed by atoms with Crippen molar-refractivity contribution in [3.05, 3.63) is 132 Å². The minimum Gasteiger partial charge on any atom is -0.297 e. The van der Waals surface area contributed by atoms with Gasteiger partial charge in [0.2, 0.25) is 0 Å². The number of hydrogen-bond acceptors (Lipinski definition) is 3. The Kier molecular flexibility index (Phi) is 5.34. The summed E-state index contributed by atoms with van der Waals surface area (Å²) in [6.07, 6.45) is 3.47. The van der Waals surface area contributed by atoms with E-state index in [1.807, 2.05) is 97.1 Å². The molecule has 3 heteroatoms. The molecule has 0 aliphatic heterocycles. The molecule has 28 heavy (non-hydrogen) atoms. The molecule has 0 radical (unpaired) electrons. The molecule has 0 aliphatic carbocycles. The number of carbonyl (C=O) groups is 1. The van der Waals surface area contributed by atoms with Crippen LogP contribution in [0.1, 0.15) is 34.4 Å². The van der Waals surface area contributed by atoms with E-state index in [-0.39, 0.29) is 5.78 Å². The minimum atomic E-state index is -0.463. The fourth-order valence-electron chi connectivity index (χ4n) is 3.51. The second kappa shape index (κ2) is 8.40. The highest BCUT2D eigenvalue weighted by Crippen LogP contribution is 2.34. The summed E-state index contributed by atoms with van der Waals surface area (Å²) in [6, 6.07) is 31.1. The number of nitrogens with zero attached hydrogens (tertiary/aromatic N) is 2. The second-order valence-corrected chi connectivity index (χ2v) is 6.60. The first-order chi connectivity index (χ1) is 13.8. The molecule has 4 aromatic rings. The molecular weight excluding hydrogens is 344 g/mol. The van der Waals surface area contributed by atoms with Gasteiger partial charge in [0.1, 0.15) is 0 Å². The molecule has 0 amide bonds. The predicted octanol–water partition coefficient (Wildman–Crippen LogP) is 5.01. The van der Waals surface area contributed by atoms with Crippen LogP contribution < -0.4 is 0 Å². The number of ketones is 1. The van der Waals surface area contributed by atoms with E-state index in [9.17, 15) is 4.79 Å². The SMILES string of the molecule is O=C(C(c1ccccc1)c1ccccn1)C(c1ccccc1)c1ccccn1. The molecule has 0 aliphatic rings. The van der Waals surface area contributed by atoms with Crippen molar-refractivity contribution in [2.45, 2.75) is 11.8 Å². The highest BCUT2D eigenvalue weighted by molar-refractivity contribution is 5.96. The number of benzene rings is 2. The van der Waals surface area contributed by atoms with Crippen LogP contribution in [-0.4, -0.2) is 15.8 Å². The van der Waals surface area contributed by atoms with Crippen LogP contribution in [0.4, 0.5) is 0 Å². The standard InChI is InChI=1S/C25H20N2O/c28-25(23(19-11-3-1-4-12-19)21-15-7-9-17-26-21)24(20-13-5-2-6-14-20)22-16-8-10-18-27-22/h1-18,23-24H. The van der Waals surface area contributed by atoms with E-state index in [1.165, 1.54) is 0 Å². The Labute approximate surface area is 164 Å². The average molecular weight is 364 g/mol. The molecule has 0 bridgehead atoms. The molecule has 4 rings (SSSR count). The van der Waals surface area contributed by atoms with Crippen LogP contribution in [-0.2, 0) is 4.79 Å². The van der Waals surface area contributed by atoms with E-state index >= 15 is 0 Å². The molecule has 2 aromatic carbocycles. The summed E-state index contributed by atoms with van der Waals surface area (Å²) < 4.78 is 0. The van der Waals surface area contributed by atoms with Crippen molar-refractivity contribution in [1.29, 1.82) is 0 Å². The van der Waals surface area contributed by atoms with Gasteiger partial charge >= 0.3 is 0 Å². The quantitative estimate of drug-likeness (QED) is 0.483. The van der Waals surface area contributed by atoms with Gasteiger partial charge in [-0.2, -0.15) is 0 Å². The Morgan fingerprint density at radius 2 is 0.929 bits per heavy atom. The summed E-state index contributed by atoms with van der Waals surface area (Å²) >= 11 is 0. The highest BCUT2D eigenvalue weighted by atomic mass is 16.1. The molecule has 0 saturated carbocycles. The van der Waals surface area contributed by atoms with E-state index in [1.54, 1.807) is 12.4 Å². The van der Waals surface area contributed by atoms with E-state index < -0.39 is 11.8 Å². The average Bonchev–Trinajstić information content (AvgIpc) is 2.77. The minimum absolute atomic E-state index is 0.0646. The maximum atomic E-state index is 14.0. The number of hydrogen-bond donors (Lipinski definition) is 0. The Morgan fingerprint density at radius 3 is 1.29 bits per heavy atom. The van der Waals surface area contributed by atoms with Crippen molar-refractivity contribution in [2.75, 3.05) is 0 Å². The van der Waals surface area contributed by atoms with Crippen molar-refractivity contribution in [3.63, 3.8) is 0 Å². The van der Waals surface area contributed by atoms with Gasteiger partial charge in [-0.05, 0) is 35.4 Å². The summed E-state index contributed by atoms with van der Waals surface area (Å²) in [6.45, 7) is 0. The third kappa shape index (κ3) is 3.74. The van der Waals surface area contributed by atoms with Crippen molar-refractivity contribution in [2.24, 2.45) is 0 Å². The maximum Gasteiger partial charge on any atom is 0.159 e. The molecule has 3 nitrogen and oxygen atoms in total. The molecule has 0 fully saturated rings. The summed E-state index contributed by atoms with van der Waals surface area (Å²) in [5.41, 5.74) is 3.36. The van der Waals surface area contributed by atoms with Crippen LogP contribution in [0, 0.1) is 0 Å². The molecule has 2 aromatic heterocycles. The largest absolute Gasteiger partial charge is 0.297 e. The molecule has 0 saturated heterocycles. The molecule has 136 valence electrons. The summed E-state index contributed by atoms with van der Waals surface area (Å²) in [4.78, 5) is 23.0. The lowest BCUT2D eigenvalue weighted by Gasteiger charge is -2.23. The Bertz CT molecular complexity index is 855. The maximum absolute atomic E-state index is 14.0. The lowest BCUT2D eigenvalue weighted by molar-refractivity contribution is -0.120. The van der Waals surface area contributed by atoms with Gasteiger partial charge in [-0.3, -0.25) is 14.8 Å². The smallest absolute Gasteiger partial charge is 0.159 e. The van der Waals surface area contributed by atoms with Crippen molar-refractivity contribution < 1.29 is 4.79 Å². The van der Waals surface area contributed by atoms with Crippen molar-refractivity contribution in [1.82, 2.24) is 9.97 Å². The third-order valence-electron chi connectivity index (χ3n) is 4.80. The Hall–Kier alpha value is -3.59. The van der Waals surface area contributed by atoms with Crippen LogP contribution in [0.3, 0.4) is 0 Å². The molecule has 0 spiro atoms. The summed E-state index contributed by atoms with van der Waals surface area (Å²) in [7, 11) is 0. The lowest BCUT2D eigenvalue weighted by Crippen LogP contribution is -2.24. The van der Waals surface area contributed by atoms with E-state index in [2.05, 4.69) is 9.97 Å². The zero-order valence-electron chi connectivity index (χ0n) is 15.3. The van der Waals surface area contributed by atoms with Crippen molar-refractivity contribution >= 4 is 5.78 Å². The van der Waals surface area contributed by atoms with Gasteiger partial charge in [-0.1, -0.05) is 72.8 Å². The first kappa shape index (κ1) is 17.8. The first-order valence-electron chi connectivity index (χ1n) is 9.30. The van der Waals surface area contributed by atoms with E-state index in [0.29, 0.717) is 0 Å². The van der Waals surface area contributed by atoms with Gasteiger partial charge in [0.15, 0.2) is 5.78 Å². The summed E-state index contributed by atoms with van der Waals surface area (Å²) in [5, 5.41) is 0. The van der Waals surface area contributed by atoms with Gasteiger partial charge in [0, 0.05) is 12.4 Å². The number of carbonyl (C=O) groups excluding carboxylic acids is 1. The third-order valence-corrected chi connectivity index (χ3v) is 4.80. The molecule has 2 unspecified atom stereocenters. The first-order valence-corrected chi connectivity index (χ1v) is 9.30. The number of aromatic nitrogens is 2. The van der Waals surface area contributed by atoms with Crippen LogP contribution in [0.5, 0.6) is 0 Å². The molecule has 0 N–H and O–H groups in total. The second-order valence-electron chi connectivity index (χ2n) is 6.60. The van der Waals surface area contributed by atoms with Crippen molar-refractivity contribution in [3.8, 4) is 0 Å². The van der Waals surface area contributed by atoms with Gasteiger partial charge < -0.3 is 0 Å². The van der Waals surface area contributed by atoms with E-state index in [4.69, 9.17) is 0 Å². The Morgan fingerprint density at radius 1 is 0.536 bits per heavy atom. The highest BCUT2D eigenvalue weighted by Gasteiger charge is 2.33. The monoisotopic (exact) mass is 364 g/mol. The normalized spacial score (nSPS) is 12.9.